The van der Waals surface area contributed by atoms with Crippen LogP contribution in [0.1, 0.15) is 56.0 Å². The minimum atomic E-state index is -0.0268. The van der Waals surface area contributed by atoms with Gasteiger partial charge in [0, 0.05) is 13.0 Å². The van der Waals surface area contributed by atoms with Crippen LogP contribution in [0.25, 0.3) is 0 Å². The third-order valence-electron chi connectivity index (χ3n) is 3.78. The SMILES string of the molecule is CCCC(N)c1cn(Cc2nnc3n2CCCC3)nn1. The van der Waals surface area contributed by atoms with Crippen LogP contribution in [0, 0.1) is 0 Å². The molecule has 20 heavy (non-hydrogen) atoms. The quantitative estimate of drug-likeness (QED) is 0.881. The number of nitrogens with zero attached hydrogens (tertiary/aromatic N) is 6. The highest BCUT2D eigenvalue weighted by Crippen LogP contribution is 2.16. The highest BCUT2D eigenvalue weighted by molar-refractivity contribution is 5.03. The first-order chi connectivity index (χ1) is 9.78. The fraction of sp³-hybridized carbons (Fsp3) is 0.692. The molecule has 0 aliphatic carbocycles. The standard InChI is InChI=1S/C13H21N7/c1-2-5-10(14)11-8-19(18-15-11)9-13-17-16-12-6-3-4-7-20(12)13/h8,10H,2-7,9,14H2,1H3. The molecule has 7 heteroatoms. The lowest BCUT2D eigenvalue weighted by molar-refractivity contribution is 0.493. The maximum Gasteiger partial charge on any atom is 0.154 e. The molecule has 1 atom stereocenters. The molecule has 0 fully saturated rings. The van der Waals surface area contributed by atoms with Crippen molar-refractivity contribution in [3.8, 4) is 0 Å². The van der Waals surface area contributed by atoms with Gasteiger partial charge in [0.1, 0.15) is 12.4 Å². The monoisotopic (exact) mass is 275 g/mol. The Morgan fingerprint density at radius 2 is 2.20 bits per heavy atom. The Morgan fingerprint density at radius 1 is 1.30 bits per heavy atom. The summed E-state index contributed by atoms with van der Waals surface area (Å²) in [6, 6.07) is -0.0268. The van der Waals surface area contributed by atoms with Gasteiger partial charge in [0.05, 0.1) is 17.9 Å². The predicted molar refractivity (Wildman–Crippen MR) is 73.9 cm³/mol. The highest BCUT2D eigenvalue weighted by Gasteiger charge is 2.17. The third-order valence-corrected chi connectivity index (χ3v) is 3.78. The molecule has 0 aromatic carbocycles. The molecule has 2 aromatic heterocycles. The van der Waals surface area contributed by atoms with E-state index in [-0.39, 0.29) is 6.04 Å². The number of hydrogen-bond donors (Lipinski definition) is 1. The Bertz CT molecular complexity index is 571. The Morgan fingerprint density at radius 3 is 3.05 bits per heavy atom. The van der Waals surface area contributed by atoms with Crippen molar-refractivity contribution in [2.45, 2.75) is 58.2 Å². The van der Waals surface area contributed by atoms with Crippen molar-refractivity contribution >= 4 is 0 Å². The first-order valence-electron chi connectivity index (χ1n) is 7.34. The van der Waals surface area contributed by atoms with Gasteiger partial charge in [-0.2, -0.15) is 0 Å². The van der Waals surface area contributed by atoms with Crippen molar-refractivity contribution < 1.29 is 0 Å². The van der Waals surface area contributed by atoms with Gasteiger partial charge in [-0.25, -0.2) is 4.68 Å². The van der Waals surface area contributed by atoms with E-state index in [1.165, 1.54) is 12.8 Å². The third kappa shape index (κ3) is 2.58. The summed E-state index contributed by atoms with van der Waals surface area (Å²) in [7, 11) is 0. The maximum absolute atomic E-state index is 6.05. The van der Waals surface area contributed by atoms with Crippen LogP contribution in [0.5, 0.6) is 0 Å². The lowest BCUT2D eigenvalue weighted by Crippen LogP contribution is -2.15. The van der Waals surface area contributed by atoms with E-state index in [4.69, 9.17) is 5.73 Å². The van der Waals surface area contributed by atoms with Crippen LogP contribution in [0.3, 0.4) is 0 Å². The molecule has 0 radical (unpaired) electrons. The predicted octanol–water partition coefficient (Wildman–Crippen LogP) is 1.05. The van der Waals surface area contributed by atoms with Crippen LogP contribution in [0.4, 0.5) is 0 Å². The molecule has 0 saturated heterocycles. The molecule has 108 valence electrons. The van der Waals surface area contributed by atoms with Gasteiger partial charge >= 0.3 is 0 Å². The van der Waals surface area contributed by atoms with Crippen LogP contribution >= 0.6 is 0 Å². The maximum atomic E-state index is 6.05. The second-order valence-corrected chi connectivity index (χ2v) is 5.38. The molecule has 7 nitrogen and oxygen atoms in total. The van der Waals surface area contributed by atoms with Gasteiger partial charge in [0.15, 0.2) is 5.82 Å². The normalized spacial score (nSPS) is 16.1. The molecule has 0 amide bonds. The van der Waals surface area contributed by atoms with Crippen molar-refractivity contribution in [2.75, 3.05) is 0 Å². The number of nitrogens with two attached hydrogens (primary N) is 1. The van der Waals surface area contributed by atoms with Gasteiger partial charge < -0.3 is 10.3 Å². The topological polar surface area (TPSA) is 87.4 Å². The minimum Gasteiger partial charge on any atom is -0.323 e. The van der Waals surface area contributed by atoms with Crippen molar-refractivity contribution in [3.05, 3.63) is 23.5 Å². The lowest BCUT2D eigenvalue weighted by Gasteiger charge is -2.14. The van der Waals surface area contributed by atoms with E-state index in [0.29, 0.717) is 6.54 Å². The molecule has 3 rings (SSSR count). The molecule has 0 spiro atoms. The summed E-state index contributed by atoms with van der Waals surface area (Å²) in [5.74, 6) is 2.05. The molecule has 3 heterocycles. The van der Waals surface area contributed by atoms with E-state index in [1.54, 1.807) is 4.68 Å². The first-order valence-corrected chi connectivity index (χ1v) is 7.34. The number of aromatic nitrogens is 6. The van der Waals surface area contributed by atoms with Crippen LogP contribution in [-0.4, -0.2) is 29.8 Å². The summed E-state index contributed by atoms with van der Waals surface area (Å²) < 4.78 is 4.01. The van der Waals surface area contributed by atoms with E-state index < -0.39 is 0 Å². The van der Waals surface area contributed by atoms with Crippen molar-refractivity contribution in [2.24, 2.45) is 5.73 Å². The summed E-state index contributed by atoms with van der Waals surface area (Å²) in [4.78, 5) is 0. The second-order valence-electron chi connectivity index (χ2n) is 5.38. The molecule has 1 aliphatic rings. The van der Waals surface area contributed by atoms with E-state index in [0.717, 1.165) is 43.1 Å². The van der Waals surface area contributed by atoms with Crippen molar-refractivity contribution in [1.82, 2.24) is 29.8 Å². The van der Waals surface area contributed by atoms with Gasteiger partial charge in [-0.15, -0.1) is 15.3 Å². The summed E-state index contributed by atoms with van der Waals surface area (Å²) >= 11 is 0. The van der Waals surface area contributed by atoms with Crippen molar-refractivity contribution in [1.29, 1.82) is 0 Å². The molecular weight excluding hydrogens is 254 g/mol. The van der Waals surface area contributed by atoms with E-state index in [2.05, 4.69) is 32.0 Å². The van der Waals surface area contributed by atoms with Crippen molar-refractivity contribution in [3.63, 3.8) is 0 Å². The largest absolute Gasteiger partial charge is 0.323 e. The molecule has 2 aromatic rings. The van der Waals surface area contributed by atoms with Crippen LogP contribution in [0.2, 0.25) is 0 Å². The van der Waals surface area contributed by atoms with E-state index in [1.807, 2.05) is 6.20 Å². The molecule has 1 aliphatic heterocycles. The van der Waals surface area contributed by atoms with Crippen LogP contribution in [-0.2, 0) is 19.5 Å². The summed E-state index contributed by atoms with van der Waals surface area (Å²) in [6.45, 7) is 3.74. The lowest BCUT2D eigenvalue weighted by atomic mass is 10.1. The second kappa shape index (κ2) is 5.70. The van der Waals surface area contributed by atoms with E-state index >= 15 is 0 Å². The molecule has 0 saturated carbocycles. The average Bonchev–Trinajstić information content (AvgIpc) is 3.08. The first kappa shape index (κ1) is 13.2. The minimum absolute atomic E-state index is 0.0268. The summed E-state index contributed by atoms with van der Waals surface area (Å²) in [6.07, 6.45) is 7.33. The highest BCUT2D eigenvalue weighted by atomic mass is 15.4. The number of rotatable bonds is 5. The smallest absolute Gasteiger partial charge is 0.154 e. The molecule has 1 unspecified atom stereocenters. The van der Waals surface area contributed by atoms with Gasteiger partial charge in [0.25, 0.3) is 0 Å². The zero-order valence-corrected chi connectivity index (χ0v) is 11.9. The van der Waals surface area contributed by atoms with E-state index in [9.17, 15) is 0 Å². The van der Waals surface area contributed by atoms with Gasteiger partial charge in [0.2, 0.25) is 0 Å². The van der Waals surface area contributed by atoms with Gasteiger partial charge in [-0.05, 0) is 19.3 Å². The average molecular weight is 275 g/mol. The Kier molecular flexibility index (Phi) is 3.77. The van der Waals surface area contributed by atoms with Gasteiger partial charge in [-0.1, -0.05) is 18.6 Å². The molecule has 0 bridgehead atoms. The zero-order chi connectivity index (χ0) is 13.9. The van der Waals surface area contributed by atoms with Crippen LogP contribution in [0.15, 0.2) is 6.20 Å². The Balaban J connectivity index is 1.73. The summed E-state index contributed by atoms with van der Waals surface area (Å²) in [5, 5.41) is 16.8. The number of hydrogen-bond acceptors (Lipinski definition) is 5. The molecule has 2 N–H and O–H groups in total. The van der Waals surface area contributed by atoms with Gasteiger partial charge in [-0.3, -0.25) is 0 Å². The number of fused-ring (bicyclic) bond motifs is 1. The Labute approximate surface area is 118 Å². The Hall–Kier alpha value is -1.76. The fourth-order valence-corrected chi connectivity index (χ4v) is 2.65. The molecular formula is C13H21N7. The zero-order valence-electron chi connectivity index (χ0n) is 11.9. The van der Waals surface area contributed by atoms with Crippen LogP contribution < -0.4 is 5.73 Å². The summed E-state index contributed by atoms with van der Waals surface area (Å²) in [5.41, 5.74) is 6.91. The fourth-order valence-electron chi connectivity index (χ4n) is 2.65. The number of aryl methyl sites for hydroxylation is 1.